The molecule has 0 saturated carbocycles. The molecule has 4 heteroatoms. The lowest BCUT2D eigenvalue weighted by Gasteiger charge is -2.03. The molecule has 0 spiro atoms. The van der Waals surface area contributed by atoms with E-state index < -0.39 is 0 Å². The maximum Gasteiger partial charge on any atom is 0.141 e. The highest BCUT2D eigenvalue weighted by Crippen LogP contribution is 2.17. The number of rotatable bonds is 4. The SMILES string of the molecule is N#Cc1cc(CC(=O)Cc2ccc(F)cc2)ccc1Cl. The van der Waals surface area contributed by atoms with E-state index in [1.165, 1.54) is 12.1 Å². The number of halogens is 2. The molecule has 0 bridgehead atoms. The fourth-order valence-corrected chi connectivity index (χ4v) is 2.05. The van der Waals surface area contributed by atoms with Gasteiger partial charge in [-0.3, -0.25) is 4.79 Å². The second-order valence-electron chi connectivity index (χ2n) is 4.44. The van der Waals surface area contributed by atoms with Gasteiger partial charge in [0.05, 0.1) is 10.6 Å². The number of carbonyl (C=O) groups is 1. The normalized spacial score (nSPS) is 10.1. The van der Waals surface area contributed by atoms with Crippen LogP contribution < -0.4 is 0 Å². The molecule has 0 atom stereocenters. The van der Waals surface area contributed by atoms with E-state index in [0.29, 0.717) is 10.6 Å². The molecule has 0 unspecified atom stereocenters. The van der Waals surface area contributed by atoms with Gasteiger partial charge in [-0.2, -0.15) is 5.26 Å². The summed E-state index contributed by atoms with van der Waals surface area (Å²) in [6.45, 7) is 0. The van der Waals surface area contributed by atoms with Gasteiger partial charge < -0.3 is 0 Å². The Hall–Kier alpha value is -2.18. The Kier molecular flexibility index (Phi) is 4.49. The molecule has 2 aromatic carbocycles. The van der Waals surface area contributed by atoms with Crippen molar-refractivity contribution in [2.24, 2.45) is 0 Å². The zero-order valence-corrected chi connectivity index (χ0v) is 11.3. The minimum atomic E-state index is -0.322. The average molecular weight is 288 g/mol. The maximum atomic E-state index is 12.8. The predicted molar refractivity (Wildman–Crippen MR) is 75.0 cm³/mol. The molecule has 2 rings (SSSR count). The van der Waals surface area contributed by atoms with Crippen molar-refractivity contribution in [1.29, 1.82) is 5.26 Å². The molecule has 0 amide bonds. The lowest BCUT2D eigenvalue weighted by Crippen LogP contribution is -2.06. The number of benzene rings is 2. The van der Waals surface area contributed by atoms with Crippen molar-refractivity contribution in [2.45, 2.75) is 12.8 Å². The van der Waals surface area contributed by atoms with Crippen LogP contribution in [0.1, 0.15) is 16.7 Å². The summed E-state index contributed by atoms with van der Waals surface area (Å²) in [5, 5.41) is 9.26. The van der Waals surface area contributed by atoms with Crippen molar-refractivity contribution in [3.8, 4) is 6.07 Å². The minimum Gasteiger partial charge on any atom is -0.299 e. The zero-order chi connectivity index (χ0) is 14.5. The number of hydrogen-bond donors (Lipinski definition) is 0. The zero-order valence-electron chi connectivity index (χ0n) is 10.6. The molecular weight excluding hydrogens is 277 g/mol. The molecule has 0 fully saturated rings. The molecule has 0 aromatic heterocycles. The van der Waals surface area contributed by atoms with Crippen molar-refractivity contribution in [1.82, 2.24) is 0 Å². The van der Waals surface area contributed by atoms with Crippen molar-refractivity contribution in [2.75, 3.05) is 0 Å². The van der Waals surface area contributed by atoms with Gasteiger partial charge >= 0.3 is 0 Å². The van der Waals surface area contributed by atoms with E-state index >= 15 is 0 Å². The van der Waals surface area contributed by atoms with E-state index in [2.05, 4.69) is 0 Å². The Morgan fingerprint density at radius 3 is 2.35 bits per heavy atom. The number of ketones is 1. The van der Waals surface area contributed by atoms with Gasteiger partial charge in [0.15, 0.2) is 0 Å². The smallest absolute Gasteiger partial charge is 0.141 e. The van der Waals surface area contributed by atoms with Crippen molar-refractivity contribution in [3.63, 3.8) is 0 Å². The molecule has 2 aromatic rings. The number of Topliss-reactive ketones (excluding diaryl/α,β-unsaturated/α-hetero) is 1. The van der Waals surface area contributed by atoms with E-state index in [9.17, 15) is 9.18 Å². The van der Waals surface area contributed by atoms with Crippen LogP contribution in [0.3, 0.4) is 0 Å². The molecular formula is C16H11ClFNO. The number of nitrogens with zero attached hydrogens (tertiary/aromatic N) is 1. The monoisotopic (exact) mass is 287 g/mol. The summed E-state index contributed by atoms with van der Waals surface area (Å²) in [6.07, 6.45) is 0.466. The van der Waals surface area contributed by atoms with Crippen LogP contribution in [0.5, 0.6) is 0 Å². The van der Waals surface area contributed by atoms with Crippen LogP contribution >= 0.6 is 11.6 Å². The van der Waals surface area contributed by atoms with Gasteiger partial charge in [-0.25, -0.2) is 4.39 Å². The second kappa shape index (κ2) is 6.31. The van der Waals surface area contributed by atoms with E-state index in [-0.39, 0.29) is 24.4 Å². The van der Waals surface area contributed by atoms with Gasteiger partial charge in [-0.1, -0.05) is 29.8 Å². The molecule has 100 valence electrons. The average Bonchev–Trinajstić information content (AvgIpc) is 2.43. The summed E-state index contributed by atoms with van der Waals surface area (Å²) < 4.78 is 12.8. The maximum absolute atomic E-state index is 12.8. The van der Waals surface area contributed by atoms with Gasteiger partial charge in [-0.05, 0) is 35.4 Å². The molecule has 0 radical (unpaired) electrons. The lowest BCUT2D eigenvalue weighted by molar-refractivity contribution is -0.117. The molecule has 0 aliphatic carbocycles. The number of hydrogen-bond acceptors (Lipinski definition) is 2. The molecule has 0 heterocycles. The first-order valence-corrected chi connectivity index (χ1v) is 6.41. The highest BCUT2D eigenvalue weighted by atomic mass is 35.5. The first-order valence-electron chi connectivity index (χ1n) is 6.03. The Bertz CT molecular complexity index is 674. The molecule has 0 N–H and O–H groups in total. The third kappa shape index (κ3) is 3.66. The van der Waals surface area contributed by atoms with E-state index in [1.54, 1.807) is 30.3 Å². The molecule has 20 heavy (non-hydrogen) atoms. The highest BCUT2D eigenvalue weighted by Gasteiger charge is 2.08. The Morgan fingerprint density at radius 1 is 1.10 bits per heavy atom. The fraction of sp³-hybridized carbons (Fsp3) is 0.125. The van der Waals surface area contributed by atoms with Gasteiger partial charge in [0, 0.05) is 12.8 Å². The van der Waals surface area contributed by atoms with Crippen molar-refractivity contribution in [3.05, 3.63) is 70.0 Å². The summed E-state index contributed by atoms with van der Waals surface area (Å²) in [5.74, 6) is -0.319. The van der Waals surface area contributed by atoms with Gasteiger partial charge in [0.1, 0.15) is 17.7 Å². The lowest BCUT2D eigenvalue weighted by atomic mass is 10.0. The van der Waals surface area contributed by atoms with Crippen molar-refractivity contribution >= 4 is 17.4 Å². The molecule has 0 aliphatic heterocycles. The highest BCUT2D eigenvalue weighted by molar-refractivity contribution is 6.31. The van der Waals surface area contributed by atoms with Gasteiger partial charge in [0.25, 0.3) is 0 Å². The summed E-state index contributed by atoms with van der Waals surface area (Å²) in [4.78, 5) is 11.9. The van der Waals surface area contributed by atoms with E-state index in [1.807, 2.05) is 6.07 Å². The van der Waals surface area contributed by atoms with Crippen LogP contribution in [0, 0.1) is 17.1 Å². The van der Waals surface area contributed by atoms with Gasteiger partial charge in [0.2, 0.25) is 0 Å². The standard InChI is InChI=1S/C16H11ClFNO/c17-16-6-3-12(7-13(16)10-19)9-15(20)8-11-1-4-14(18)5-2-11/h1-7H,8-9H2. The Morgan fingerprint density at radius 2 is 1.70 bits per heavy atom. The third-order valence-electron chi connectivity index (χ3n) is 2.87. The predicted octanol–water partition coefficient (Wildman–Crippen LogP) is 3.71. The fourth-order valence-electron chi connectivity index (χ4n) is 1.89. The van der Waals surface area contributed by atoms with Crippen LogP contribution in [0.2, 0.25) is 5.02 Å². The summed E-state index contributed by atoms with van der Waals surface area (Å²) in [6, 6.07) is 12.8. The third-order valence-corrected chi connectivity index (χ3v) is 3.20. The second-order valence-corrected chi connectivity index (χ2v) is 4.85. The van der Waals surface area contributed by atoms with E-state index in [0.717, 1.165) is 11.1 Å². The molecule has 2 nitrogen and oxygen atoms in total. The van der Waals surface area contributed by atoms with E-state index in [4.69, 9.17) is 16.9 Å². The Balaban J connectivity index is 2.05. The summed E-state index contributed by atoms with van der Waals surface area (Å²) >= 11 is 5.83. The van der Waals surface area contributed by atoms with Crippen LogP contribution in [0.15, 0.2) is 42.5 Å². The number of nitriles is 1. The quantitative estimate of drug-likeness (QED) is 0.860. The van der Waals surface area contributed by atoms with Crippen LogP contribution in [-0.4, -0.2) is 5.78 Å². The first kappa shape index (κ1) is 14.2. The largest absolute Gasteiger partial charge is 0.299 e. The Labute approximate surface area is 121 Å². The summed E-state index contributed by atoms with van der Waals surface area (Å²) in [7, 11) is 0. The van der Waals surface area contributed by atoms with Gasteiger partial charge in [-0.15, -0.1) is 0 Å². The van der Waals surface area contributed by atoms with Crippen LogP contribution in [0.4, 0.5) is 4.39 Å². The summed E-state index contributed by atoms with van der Waals surface area (Å²) in [5.41, 5.74) is 1.88. The first-order chi connectivity index (χ1) is 9.58. The molecule has 0 aliphatic rings. The van der Waals surface area contributed by atoms with Crippen LogP contribution in [0.25, 0.3) is 0 Å². The number of carbonyl (C=O) groups excluding carboxylic acids is 1. The minimum absolute atomic E-state index is 0.00261. The van der Waals surface area contributed by atoms with Crippen molar-refractivity contribution < 1.29 is 9.18 Å². The molecule has 0 saturated heterocycles. The topological polar surface area (TPSA) is 40.9 Å². The van der Waals surface area contributed by atoms with Crippen LogP contribution in [-0.2, 0) is 17.6 Å².